The number of hydrogen-bond donors (Lipinski definition) is 2. The minimum atomic E-state index is -0.972. The summed E-state index contributed by atoms with van der Waals surface area (Å²) in [6, 6.07) is 6.48. The number of carboxylic acids is 1. The summed E-state index contributed by atoms with van der Waals surface area (Å²) in [5.41, 5.74) is 0.841. The van der Waals surface area contributed by atoms with Crippen molar-refractivity contribution < 1.29 is 14.6 Å². The van der Waals surface area contributed by atoms with Crippen LogP contribution in [0.4, 0.5) is 11.5 Å². The van der Waals surface area contributed by atoms with Gasteiger partial charge in [0.1, 0.15) is 0 Å². The Hall–Kier alpha value is -2.63. The molecular weight excluding hydrogens is 258 g/mol. The second-order valence-electron chi connectivity index (χ2n) is 4.10. The van der Waals surface area contributed by atoms with Gasteiger partial charge in [-0.15, -0.1) is 0 Å². The number of nitrogens with zero attached hydrogens (tertiary/aromatic N) is 2. The van der Waals surface area contributed by atoms with Crippen LogP contribution in [0.25, 0.3) is 0 Å². The third kappa shape index (κ3) is 3.68. The van der Waals surface area contributed by atoms with Crippen molar-refractivity contribution in [2.24, 2.45) is 0 Å². The maximum absolute atomic E-state index is 10.9. The predicted octanol–water partition coefficient (Wildman–Crippen LogP) is 2.71. The van der Waals surface area contributed by atoms with Crippen LogP contribution < -0.4 is 10.1 Å². The van der Waals surface area contributed by atoms with Crippen LogP contribution in [0.1, 0.15) is 23.7 Å². The molecule has 0 amide bonds. The Balaban J connectivity index is 2.13. The standard InChI is InChI=1S/C14H15N3O3/c1-2-6-20-13-9-15-8-12(17-13)16-11-5-3-4-10(7-11)14(18)19/h3-5,7-9H,2,6H2,1H3,(H,16,17)(H,18,19). The fourth-order valence-electron chi connectivity index (χ4n) is 1.56. The molecule has 2 aromatic rings. The van der Waals surface area contributed by atoms with Gasteiger partial charge in [-0.25, -0.2) is 4.79 Å². The highest BCUT2D eigenvalue weighted by molar-refractivity contribution is 5.89. The van der Waals surface area contributed by atoms with Gasteiger partial charge in [-0.05, 0) is 24.6 Å². The minimum Gasteiger partial charge on any atom is -0.478 e. The largest absolute Gasteiger partial charge is 0.478 e. The van der Waals surface area contributed by atoms with Crippen molar-refractivity contribution in [1.82, 2.24) is 9.97 Å². The van der Waals surface area contributed by atoms with Gasteiger partial charge in [-0.2, -0.15) is 4.98 Å². The molecule has 1 aromatic carbocycles. The Labute approximate surface area is 116 Å². The molecule has 0 radical (unpaired) electrons. The SMILES string of the molecule is CCCOc1cncc(Nc2cccc(C(=O)O)c2)n1. The number of ether oxygens (including phenoxy) is 1. The Kier molecular flexibility index (Phi) is 4.49. The fourth-order valence-corrected chi connectivity index (χ4v) is 1.56. The molecule has 6 heteroatoms. The molecule has 0 unspecified atom stereocenters. The number of nitrogens with one attached hydrogen (secondary N) is 1. The first-order valence-electron chi connectivity index (χ1n) is 6.24. The maximum atomic E-state index is 10.9. The van der Waals surface area contributed by atoms with Gasteiger partial charge in [0.05, 0.1) is 24.6 Å². The number of benzene rings is 1. The summed E-state index contributed by atoms with van der Waals surface area (Å²) >= 11 is 0. The molecule has 0 aliphatic carbocycles. The molecule has 0 aliphatic heterocycles. The second-order valence-corrected chi connectivity index (χ2v) is 4.10. The van der Waals surface area contributed by atoms with Gasteiger partial charge in [0, 0.05) is 5.69 Å². The lowest BCUT2D eigenvalue weighted by Crippen LogP contribution is -2.02. The number of rotatable bonds is 6. The number of aromatic carboxylic acids is 1. The normalized spacial score (nSPS) is 10.1. The van der Waals surface area contributed by atoms with Crippen LogP contribution in [-0.2, 0) is 0 Å². The molecule has 1 heterocycles. The van der Waals surface area contributed by atoms with Crippen LogP contribution in [0.3, 0.4) is 0 Å². The van der Waals surface area contributed by atoms with Crippen molar-refractivity contribution >= 4 is 17.5 Å². The van der Waals surface area contributed by atoms with Crippen molar-refractivity contribution in [3.63, 3.8) is 0 Å². The van der Waals surface area contributed by atoms with Gasteiger partial charge in [0.2, 0.25) is 5.88 Å². The summed E-state index contributed by atoms with van der Waals surface area (Å²) in [6.07, 6.45) is 3.97. The molecule has 0 spiro atoms. The van der Waals surface area contributed by atoms with E-state index in [1.165, 1.54) is 18.3 Å². The third-order valence-electron chi connectivity index (χ3n) is 2.45. The van der Waals surface area contributed by atoms with Crippen LogP contribution in [0.15, 0.2) is 36.7 Å². The van der Waals surface area contributed by atoms with Crippen molar-refractivity contribution in [1.29, 1.82) is 0 Å². The summed E-state index contributed by atoms with van der Waals surface area (Å²) in [5, 5.41) is 11.9. The highest BCUT2D eigenvalue weighted by atomic mass is 16.5. The zero-order valence-electron chi connectivity index (χ0n) is 11.0. The summed E-state index contributed by atoms with van der Waals surface area (Å²) in [7, 11) is 0. The Morgan fingerprint density at radius 1 is 1.40 bits per heavy atom. The molecule has 1 aromatic heterocycles. The molecule has 0 saturated carbocycles. The Morgan fingerprint density at radius 3 is 3.00 bits per heavy atom. The topological polar surface area (TPSA) is 84.3 Å². The smallest absolute Gasteiger partial charge is 0.335 e. The zero-order valence-corrected chi connectivity index (χ0v) is 11.0. The average Bonchev–Trinajstić information content (AvgIpc) is 2.46. The van der Waals surface area contributed by atoms with E-state index in [2.05, 4.69) is 15.3 Å². The molecular formula is C14H15N3O3. The molecule has 0 fully saturated rings. The van der Waals surface area contributed by atoms with Crippen LogP contribution in [0.2, 0.25) is 0 Å². The third-order valence-corrected chi connectivity index (χ3v) is 2.45. The van der Waals surface area contributed by atoms with Gasteiger partial charge in [-0.1, -0.05) is 13.0 Å². The zero-order chi connectivity index (χ0) is 14.4. The van der Waals surface area contributed by atoms with E-state index in [0.717, 1.165) is 6.42 Å². The number of carbonyl (C=O) groups is 1. The van der Waals surface area contributed by atoms with Gasteiger partial charge in [0.25, 0.3) is 0 Å². The van der Waals surface area contributed by atoms with Crippen LogP contribution in [-0.4, -0.2) is 27.7 Å². The highest BCUT2D eigenvalue weighted by Crippen LogP contribution is 2.17. The molecule has 2 rings (SSSR count). The quantitative estimate of drug-likeness (QED) is 0.841. The monoisotopic (exact) mass is 273 g/mol. The lowest BCUT2D eigenvalue weighted by molar-refractivity contribution is 0.0697. The van der Waals surface area contributed by atoms with Crippen molar-refractivity contribution in [3.8, 4) is 5.88 Å². The number of anilines is 2. The van der Waals surface area contributed by atoms with E-state index in [1.54, 1.807) is 18.3 Å². The molecule has 0 bridgehead atoms. The first-order chi connectivity index (χ1) is 9.69. The van der Waals surface area contributed by atoms with Crippen molar-refractivity contribution in [2.75, 3.05) is 11.9 Å². The van der Waals surface area contributed by atoms with E-state index in [9.17, 15) is 4.79 Å². The first kappa shape index (κ1) is 13.8. The van der Waals surface area contributed by atoms with Crippen molar-refractivity contribution in [3.05, 3.63) is 42.2 Å². The maximum Gasteiger partial charge on any atom is 0.335 e. The van der Waals surface area contributed by atoms with E-state index in [-0.39, 0.29) is 5.56 Å². The predicted molar refractivity (Wildman–Crippen MR) is 74.5 cm³/mol. The van der Waals surface area contributed by atoms with E-state index in [1.807, 2.05) is 6.92 Å². The number of aromatic nitrogens is 2. The molecule has 0 atom stereocenters. The van der Waals surface area contributed by atoms with E-state index in [0.29, 0.717) is 24.0 Å². The molecule has 2 N–H and O–H groups in total. The van der Waals surface area contributed by atoms with E-state index in [4.69, 9.17) is 9.84 Å². The lowest BCUT2D eigenvalue weighted by Gasteiger charge is -2.08. The second kappa shape index (κ2) is 6.51. The van der Waals surface area contributed by atoms with Crippen molar-refractivity contribution in [2.45, 2.75) is 13.3 Å². The van der Waals surface area contributed by atoms with E-state index >= 15 is 0 Å². The Morgan fingerprint density at radius 2 is 2.25 bits per heavy atom. The summed E-state index contributed by atoms with van der Waals surface area (Å²) in [5.74, 6) is -0.0351. The van der Waals surface area contributed by atoms with Crippen LogP contribution >= 0.6 is 0 Å². The fraction of sp³-hybridized carbons (Fsp3) is 0.214. The van der Waals surface area contributed by atoms with Gasteiger partial charge >= 0.3 is 5.97 Å². The first-order valence-corrected chi connectivity index (χ1v) is 6.24. The van der Waals surface area contributed by atoms with Gasteiger partial charge < -0.3 is 15.2 Å². The Bertz CT molecular complexity index is 602. The highest BCUT2D eigenvalue weighted by Gasteiger charge is 2.04. The molecule has 0 saturated heterocycles. The van der Waals surface area contributed by atoms with Crippen LogP contribution in [0, 0.1) is 0 Å². The minimum absolute atomic E-state index is 0.210. The average molecular weight is 273 g/mol. The molecule has 20 heavy (non-hydrogen) atoms. The number of carboxylic acid groups (broad SMARTS) is 1. The molecule has 104 valence electrons. The lowest BCUT2D eigenvalue weighted by atomic mass is 10.2. The van der Waals surface area contributed by atoms with Gasteiger partial charge in [-0.3, -0.25) is 4.98 Å². The van der Waals surface area contributed by atoms with Crippen LogP contribution in [0.5, 0.6) is 5.88 Å². The number of hydrogen-bond acceptors (Lipinski definition) is 5. The summed E-state index contributed by atoms with van der Waals surface area (Å²) in [4.78, 5) is 19.2. The van der Waals surface area contributed by atoms with Gasteiger partial charge in [0.15, 0.2) is 5.82 Å². The summed E-state index contributed by atoms with van der Waals surface area (Å²) < 4.78 is 5.39. The molecule has 0 aliphatic rings. The van der Waals surface area contributed by atoms with E-state index < -0.39 is 5.97 Å². The molecule has 6 nitrogen and oxygen atoms in total. The summed E-state index contributed by atoms with van der Waals surface area (Å²) in [6.45, 7) is 2.58.